The summed E-state index contributed by atoms with van der Waals surface area (Å²) in [5, 5.41) is 2.99. The number of carbonyl (C=O) groups is 1. The van der Waals surface area contributed by atoms with Gasteiger partial charge in [0.15, 0.2) is 9.84 Å². The second-order valence-electron chi connectivity index (χ2n) is 12.8. The van der Waals surface area contributed by atoms with E-state index in [4.69, 9.17) is 0 Å². The fourth-order valence-corrected chi connectivity index (χ4v) is 7.43. The molecular formula is C31H41F3N4O3S. The molecule has 0 aliphatic heterocycles. The molecule has 1 aliphatic rings. The van der Waals surface area contributed by atoms with Crippen LogP contribution in [0.5, 0.6) is 0 Å². The molecule has 11 heteroatoms. The van der Waals surface area contributed by atoms with Crippen molar-refractivity contribution in [2.45, 2.75) is 94.9 Å². The molecule has 0 saturated heterocycles. The van der Waals surface area contributed by atoms with Crippen LogP contribution in [0.25, 0.3) is 11.0 Å². The first-order chi connectivity index (χ1) is 19.5. The van der Waals surface area contributed by atoms with Crippen molar-refractivity contribution in [2.24, 2.45) is 5.92 Å². The molecule has 3 unspecified atom stereocenters. The molecule has 7 nitrogen and oxygen atoms in total. The second-order valence-corrected chi connectivity index (χ2v) is 14.8. The first kappa shape index (κ1) is 32.0. The highest BCUT2D eigenvalue weighted by atomic mass is 32.2. The van der Waals surface area contributed by atoms with Crippen molar-refractivity contribution < 1.29 is 26.4 Å². The van der Waals surface area contributed by atoms with Gasteiger partial charge >= 0.3 is 6.18 Å². The van der Waals surface area contributed by atoms with Crippen LogP contribution in [0.2, 0.25) is 0 Å². The highest BCUT2D eigenvalue weighted by Crippen LogP contribution is 2.34. The van der Waals surface area contributed by atoms with Gasteiger partial charge in [-0.2, -0.15) is 13.2 Å². The summed E-state index contributed by atoms with van der Waals surface area (Å²) < 4.78 is 67.4. The van der Waals surface area contributed by atoms with E-state index in [2.05, 4.69) is 54.8 Å². The summed E-state index contributed by atoms with van der Waals surface area (Å²) in [6, 6.07) is 10.8. The SMILES string of the molecule is CC(C)N(C)C1CCC(NC(=O)Cc2nc3c(C(F)(F)F)cccc3[nH]2)C(CS(=O)(=O)c2ccc(C(C)(C)C)cc2)C1. The first-order valence-electron chi connectivity index (χ1n) is 14.3. The zero-order valence-electron chi connectivity index (χ0n) is 25.0. The zero-order valence-corrected chi connectivity index (χ0v) is 25.9. The molecule has 1 aliphatic carbocycles. The molecular weight excluding hydrogens is 565 g/mol. The van der Waals surface area contributed by atoms with E-state index in [0.29, 0.717) is 12.8 Å². The lowest BCUT2D eigenvalue weighted by molar-refractivity contribution is -0.136. The monoisotopic (exact) mass is 606 g/mol. The summed E-state index contributed by atoms with van der Waals surface area (Å²) in [6.07, 6.45) is -2.84. The van der Waals surface area contributed by atoms with E-state index in [1.54, 1.807) is 12.1 Å². The van der Waals surface area contributed by atoms with Crippen molar-refractivity contribution in [3.05, 3.63) is 59.4 Å². The zero-order chi connectivity index (χ0) is 31.0. The maximum absolute atomic E-state index is 13.6. The smallest absolute Gasteiger partial charge is 0.353 e. The van der Waals surface area contributed by atoms with Crippen molar-refractivity contribution >= 4 is 26.8 Å². The van der Waals surface area contributed by atoms with E-state index in [1.165, 1.54) is 12.1 Å². The third kappa shape index (κ3) is 7.34. The van der Waals surface area contributed by atoms with E-state index >= 15 is 0 Å². The van der Waals surface area contributed by atoms with Gasteiger partial charge in [-0.15, -0.1) is 0 Å². The van der Waals surface area contributed by atoms with Crippen molar-refractivity contribution in [3.8, 4) is 0 Å². The van der Waals surface area contributed by atoms with E-state index in [0.717, 1.165) is 18.1 Å². The Bertz CT molecular complexity index is 1510. The Morgan fingerprint density at radius 1 is 1.10 bits per heavy atom. The number of sulfone groups is 1. The van der Waals surface area contributed by atoms with Gasteiger partial charge in [0.25, 0.3) is 0 Å². The number of nitrogens with one attached hydrogen (secondary N) is 2. The molecule has 1 fully saturated rings. The number of H-pyrrole nitrogens is 1. The number of rotatable bonds is 8. The number of aromatic nitrogens is 2. The van der Waals surface area contributed by atoms with Crippen LogP contribution in [-0.4, -0.2) is 60.1 Å². The molecule has 1 heterocycles. The summed E-state index contributed by atoms with van der Waals surface area (Å²) in [7, 11) is -1.62. The topological polar surface area (TPSA) is 95.2 Å². The average Bonchev–Trinajstić information content (AvgIpc) is 3.30. The number of alkyl halides is 3. The summed E-state index contributed by atoms with van der Waals surface area (Å²) in [4.78, 5) is 22.5. The minimum atomic E-state index is -4.57. The summed E-state index contributed by atoms with van der Waals surface area (Å²) in [5.74, 6) is -0.751. The van der Waals surface area contributed by atoms with E-state index in [1.807, 2.05) is 19.2 Å². The number of hydrogen-bond donors (Lipinski definition) is 2. The van der Waals surface area contributed by atoms with Crippen molar-refractivity contribution in [2.75, 3.05) is 12.8 Å². The predicted octanol–water partition coefficient (Wildman–Crippen LogP) is 5.89. The van der Waals surface area contributed by atoms with Gasteiger partial charge in [-0.1, -0.05) is 39.0 Å². The maximum Gasteiger partial charge on any atom is 0.418 e. The van der Waals surface area contributed by atoms with Crippen LogP contribution in [0.1, 0.15) is 70.8 Å². The molecule has 2 N–H and O–H groups in total. The van der Waals surface area contributed by atoms with Gasteiger partial charge < -0.3 is 15.2 Å². The fraction of sp³-hybridized carbons (Fsp3) is 0.548. The minimum Gasteiger partial charge on any atom is -0.353 e. The Labute approximate surface area is 246 Å². The Kier molecular flexibility index (Phi) is 9.14. The van der Waals surface area contributed by atoms with Crippen LogP contribution in [0.3, 0.4) is 0 Å². The largest absolute Gasteiger partial charge is 0.418 e. The van der Waals surface area contributed by atoms with E-state index < -0.39 is 33.5 Å². The molecule has 0 spiro atoms. The number of para-hydroxylation sites is 1. The van der Waals surface area contributed by atoms with Crippen LogP contribution in [0.4, 0.5) is 13.2 Å². The lowest BCUT2D eigenvalue weighted by atomic mass is 9.81. The number of carbonyl (C=O) groups excluding carboxylic acids is 1. The third-order valence-corrected chi connectivity index (χ3v) is 10.3. The normalized spacial score (nSPS) is 20.4. The molecule has 0 bridgehead atoms. The number of fused-ring (bicyclic) bond motifs is 1. The van der Waals surface area contributed by atoms with Gasteiger partial charge in [0.1, 0.15) is 11.3 Å². The molecule has 3 atom stereocenters. The van der Waals surface area contributed by atoms with Gasteiger partial charge in [0.05, 0.1) is 28.1 Å². The lowest BCUT2D eigenvalue weighted by Crippen LogP contribution is -2.51. The predicted molar refractivity (Wildman–Crippen MR) is 158 cm³/mol. The number of halogens is 3. The Hall–Kier alpha value is -2.92. The molecule has 1 saturated carbocycles. The highest BCUT2D eigenvalue weighted by Gasteiger charge is 2.37. The van der Waals surface area contributed by atoms with E-state index in [9.17, 15) is 26.4 Å². The van der Waals surface area contributed by atoms with Crippen molar-refractivity contribution in [3.63, 3.8) is 0 Å². The quantitative estimate of drug-likeness (QED) is 0.334. The van der Waals surface area contributed by atoms with Gasteiger partial charge in [-0.25, -0.2) is 13.4 Å². The molecule has 0 radical (unpaired) electrons. The molecule has 1 aromatic heterocycles. The third-order valence-electron chi connectivity index (χ3n) is 8.40. The van der Waals surface area contributed by atoms with Crippen molar-refractivity contribution in [1.29, 1.82) is 0 Å². The number of aromatic amines is 1. The van der Waals surface area contributed by atoms with Crippen molar-refractivity contribution in [1.82, 2.24) is 20.2 Å². The molecule has 3 aromatic rings. The standard InChI is InChI=1S/C31H41F3N4O3S/c1-19(2)38(6)22-12-15-25(20(16-22)18-42(40,41)23-13-10-21(11-14-23)30(3,4)5)36-28(39)17-27-35-26-9-7-8-24(29(26)37-27)31(32,33)34/h7-11,13-14,19-20,22,25H,12,15-18H2,1-6H3,(H,35,37)(H,36,39). The molecule has 2 aromatic carbocycles. The Morgan fingerprint density at radius 2 is 1.76 bits per heavy atom. The number of benzene rings is 2. The Morgan fingerprint density at radius 3 is 2.36 bits per heavy atom. The number of amides is 1. The average molecular weight is 607 g/mol. The van der Waals surface area contributed by atoms with E-state index in [-0.39, 0.29) is 57.3 Å². The summed E-state index contributed by atoms with van der Waals surface area (Å²) >= 11 is 0. The van der Waals surface area contributed by atoms with Gasteiger partial charge in [-0.3, -0.25) is 4.79 Å². The highest BCUT2D eigenvalue weighted by molar-refractivity contribution is 7.91. The van der Waals surface area contributed by atoms with Crippen LogP contribution < -0.4 is 5.32 Å². The molecule has 1 amide bonds. The van der Waals surface area contributed by atoms with Crippen LogP contribution in [-0.2, 0) is 32.6 Å². The fourth-order valence-electron chi connectivity index (χ4n) is 5.75. The van der Waals surface area contributed by atoms with Crippen LogP contribution in [0, 0.1) is 5.92 Å². The van der Waals surface area contributed by atoms with Gasteiger partial charge in [0.2, 0.25) is 5.91 Å². The molecule has 4 rings (SSSR count). The lowest BCUT2D eigenvalue weighted by Gasteiger charge is -2.41. The number of imidazole rings is 1. The minimum absolute atomic E-state index is 0.107. The Balaban J connectivity index is 1.53. The molecule has 230 valence electrons. The van der Waals surface area contributed by atoms with Crippen LogP contribution in [0.15, 0.2) is 47.4 Å². The van der Waals surface area contributed by atoms with Gasteiger partial charge in [0, 0.05) is 18.1 Å². The first-order valence-corrected chi connectivity index (χ1v) is 16.0. The summed E-state index contributed by atoms with van der Waals surface area (Å²) in [6.45, 7) is 10.4. The second kappa shape index (κ2) is 12.0. The van der Waals surface area contributed by atoms with Gasteiger partial charge in [-0.05, 0) is 81.3 Å². The van der Waals surface area contributed by atoms with Crippen LogP contribution >= 0.6 is 0 Å². The molecule has 42 heavy (non-hydrogen) atoms. The number of nitrogens with zero attached hydrogens (tertiary/aromatic N) is 2. The number of hydrogen-bond acceptors (Lipinski definition) is 5. The maximum atomic E-state index is 13.6. The summed E-state index contributed by atoms with van der Waals surface area (Å²) in [5.41, 5.74) is 0.0361.